The number of hydrogen-bond acceptors (Lipinski definition) is 3. The van der Waals surface area contributed by atoms with Gasteiger partial charge in [-0.05, 0) is 36.2 Å². The molecule has 1 heterocycles. The van der Waals surface area contributed by atoms with E-state index in [4.69, 9.17) is 9.47 Å². The third kappa shape index (κ3) is 3.88. The molecule has 4 nitrogen and oxygen atoms in total. The van der Waals surface area contributed by atoms with Crippen molar-refractivity contribution in [2.75, 3.05) is 26.9 Å². The number of halogens is 1. The maximum atomic E-state index is 5.49. The molecule has 92 valence electrons. The van der Waals surface area contributed by atoms with E-state index in [9.17, 15) is 0 Å². The van der Waals surface area contributed by atoms with E-state index >= 15 is 0 Å². The molecule has 0 unspecified atom stereocenters. The van der Waals surface area contributed by atoms with Crippen molar-refractivity contribution in [2.24, 2.45) is 0 Å². The Kier molecular flexibility index (Phi) is 6.01. The highest BCUT2D eigenvalue weighted by molar-refractivity contribution is 9.10. The monoisotopic (exact) mass is 290 g/mol. The summed E-state index contributed by atoms with van der Waals surface area (Å²) in [4.78, 5) is 0. The van der Waals surface area contributed by atoms with Crippen LogP contribution in [0.15, 0.2) is 4.47 Å². The molecule has 0 aliphatic rings. The molecule has 5 heteroatoms. The van der Waals surface area contributed by atoms with Gasteiger partial charge in [-0.3, -0.25) is 4.68 Å². The molecule has 1 aromatic rings. The second kappa shape index (κ2) is 7.04. The van der Waals surface area contributed by atoms with Gasteiger partial charge in [0.25, 0.3) is 0 Å². The van der Waals surface area contributed by atoms with E-state index in [0.29, 0.717) is 6.61 Å². The maximum Gasteiger partial charge on any atom is 0.0738 e. The largest absolute Gasteiger partial charge is 0.385 e. The van der Waals surface area contributed by atoms with E-state index in [-0.39, 0.29) is 0 Å². The van der Waals surface area contributed by atoms with Crippen LogP contribution in [0.2, 0.25) is 0 Å². The molecular formula is C11H19BrN2O2. The zero-order valence-corrected chi connectivity index (χ0v) is 11.7. The SMILES string of the molecule is COCCCOCCn1nc(C)c(Br)c1C. The first-order valence-electron chi connectivity index (χ1n) is 5.43. The van der Waals surface area contributed by atoms with Crippen molar-refractivity contribution >= 4 is 15.9 Å². The van der Waals surface area contributed by atoms with Crippen LogP contribution in [0.25, 0.3) is 0 Å². The van der Waals surface area contributed by atoms with Crippen molar-refractivity contribution in [1.82, 2.24) is 9.78 Å². The lowest BCUT2D eigenvalue weighted by molar-refractivity contribution is 0.0958. The summed E-state index contributed by atoms with van der Waals surface area (Å²) in [6.07, 6.45) is 0.942. The minimum absolute atomic E-state index is 0.693. The standard InChI is InChI=1S/C11H19BrN2O2/c1-9-11(12)10(2)14(13-9)5-8-16-7-4-6-15-3/h4-8H2,1-3H3. The Morgan fingerprint density at radius 2 is 2.00 bits per heavy atom. The quantitative estimate of drug-likeness (QED) is 0.723. The summed E-state index contributed by atoms with van der Waals surface area (Å²) in [5, 5.41) is 4.41. The lowest BCUT2D eigenvalue weighted by atomic mass is 10.4. The van der Waals surface area contributed by atoms with Gasteiger partial charge in [0.15, 0.2) is 0 Å². The molecule has 0 atom stereocenters. The third-order valence-electron chi connectivity index (χ3n) is 2.38. The number of rotatable bonds is 7. The number of nitrogens with zero attached hydrogens (tertiary/aromatic N) is 2. The summed E-state index contributed by atoms with van der Waals surface area (Å²) in [5.41, 5.74) is 2.18. The van der Waals surface area contributed by atoms with Gasteiger partial charge in [-0.2, -0.15) is 5.10 Å². The zero-order valence-electron chi connectivity index (χ0n) is 10.1. The average Bonchev–Trinajstić information content (AvgIpc) is 2.51. The van der Waals surface area contributed by atoms with Gasteiger partial charge in [-0.25, -0.2) is 0 Å². The molecule has 0 saturated heterocycles. The molecule has 1 aromatic heterocycles. The molecule has 1 rings (SSSR count). The molecule has 16 heavy (non-hydrogen) atoms. The van der Waals surface area contributed by atoms with Gasteiger partial charge in [-0.1, -0.05) is 0 Å². The fraction of sp³-hybridized carbons (Fsp3) is 0.727. The van der Waals surface area contributed by atoms with Gasteiger partial charge in [-0.15, -0.1) is 0 Å². The van der Waals surface area contributed by atoms with E-state index in [1.54, 1.807) is 7.11 Å². The number of aryl methyl sites for hydroxylation is 1. The number of hydrogen-bond donors (Lipinski definition) is 0. The smallest absolute Gasteiger partial charge is 0.0738 e. The third-order valence-corrected chi connectivity index (χ3v) is 3.53. The van der Waals surface area contributed by atoms with Crippen LogP contribution < -0.4 is 0 Å². The van der Waals surface area contributed by atoms with Gasteiger partial charge >= 0.3 is 0 Å². The van der Waals surface area contributed by atoms with Gasteiger partial charge in [0.05, 0.1) is 23.3 Å². The molecule has 0 amide bonds. The van der Waals surface area contributed by atoms with E-state index < -0.39 is 0 Å². The average molecular weight is 291 g/mol. The normalized spacial score (nSPS) is 11.0. The van der Waals surface area contributed by atoms with Gasteiger partial charge < -0.3 is 9.47 Å². The van der Waals surface area contributed by atoms with Crippen LogP contribution in [-0.4, -0.2) is 36.7 Å². The Morgan fingerprint density at radius 3 is 2.56 bits per heavy atom. The molecule has 0 saturated carbocycles. The van der Waals surface area contributed by atoms with Crippen LogP contribution in [-0.2, 0) is 16.0 Å². The van der Waals surface area contributed by atoms with Gasteiger partial charge in [0.2, 0.25) is 0 Å². The molecule has 0 fully saturated rings. The first kappa shape index (κ1) is 13.7. The molecule has 0 radical (unpaired) electrons. The summed E-state index contributed by atoms with van der Waals surface area (Å²) in [7, 11) is 1.70. The highest BCUT2D eigenvalue weighted by Gasteiger charge is 2.07. The summed E-state index contributed by atoms with van der Waals surface area (Å²) in [6.45, 7) is 7.03. The van der Waals surface area contributed by atoms with Crippen LogP contribution >= 0.6 is 15.9 Å². The van der Waals surface area contributed by atoms with Crippen molar-refractivity contribution in [1.29, 1.82) is 0 Å². The van der Waals surface area contributed by atoms with Crippen molar-refractivity contribution in [3.8, 4) is 0 Å². The minimum atomic E-state index is 0.693. The summed E-state index contributed by atoms with van der Waals surface area (Å²) >= 11 is 3.50. The van der Waals surface area contributed by atoms with Crippen LogP contribution in [0.5, 0.6) is 0 Å². The second-order valence-electron chi connectivity index (χ2n) is 3.67. The molecule has 0 aliphatic carbocycles. The highest BCUT2D eigenvalue weighted by Crippen LogP contribution is 2.19. The summed E-state index contributed by atoms with van der Waals surface area (Å²) in [6, 6.07) is 0. The Labute approximate surface area is 105 Å². The number of ether oxygens (including phenoxy) is 2. The molecule has 0 N–H and O–H groups in total. The fourth-order valence-corrected chi connectivity index (χ4v) is 1.74. The molecule has 0 spiro atoms. The van der Waals surface area contributed by atoms with Crippen LogP contribution in [0.3, 0.4) is 0 Å². The fourth-order valence-electron chi connectivity index (χ4n) is 1.45. The Hall–Kier alpha value is -0.390. The Morgan fingerprint density at radius 1 is 1.25 bits per heavy atom. The molecule has 0 bridgehead atoms. The number of methoxy groups -OCH3 is 1. The number of aromatic nitrogens is 2. The van der Waals surface area contributed by atoms with Crippen molar-refractivity contribution in [3.63, 3.8) is 0 Å². The van der Waals surface area contributed by atoms with Crippen molar-refractivity contribution in [2.45, 2.75) is 26.8 Å². The summed E-state index contributed by atoms with van der Waals surface area (Å²) < 4.78 is 13.5. The first-order chi connectivity index (χ1) is 7.66. The Balaban J connectivity index is 2.24. The van der Waals surface area contributed by atoms with Crippen molar-refractivity contribution < 1.29 is 9.47 Å². The first-order valence-corrected chi connectivity index (χ1v) is 6.22. The van der Waals surface area contributed by atoms with Gasteiger partial charge in [0, 0.05) is 26.0 Å². The molecular weight excluding hydrogens is 272 g/mol. The topological polar surface area (TPSA) is 36.3 Å². The van der Waals surface area contributed by atoms with E-state index in [2.05, 4.69) is 28.0 Å². The molecule has 0 aromatic carbocycles. The minimum Gasteiger partial charge on any atom is -0.385 e. The lowest BCUT2D eigenvalue weighted by Gasteiger charge is -2.05. The van der Waals surface area contributed by atoms with Gasteiger partial charge in [0.1, 0.15) is 0 Å². The second-order valence-corrected chi connectivity index (χ2v) is 4.46. The highest BCUT2D eigenvalue weighted by atomic mass is 79.9. The molecule has 0 aliphatic heterocycles. The predicted octanol–water partition coefficient (Wildman–Crippen LogP) is 2.32. The lowest BCUT2D eigenvalue weighted by Crippen LogP contribution is -2.10. The zero-order chi connectivity index (χ0) is 12.0. The van der Waals surface area contributed by atoms with E-state index in [1.807, 2.05) is 11.6 Å². The van der Waals surface area contributed by atoms with Crippen LogP contribution in [0.1, 0.15) is 17.8 Å². The van der Waals surface area contributed by atoms with Crippen molar-refractivity contribution in [3.05, 3.63) is 15.9 Å². The summed E-state index contributed by atoms with van der Waals surface area (Å²) in [5.74, 6) is 0. The van der Waals surface area contributed by atoms with E-state index in [0.717, 1.165) is 42.0 Å². The van der Waals surface area contributed by atoms with Crippen LogP contribution in [0, 0.1) is 13.8 Å². The Bertz CT molecular complexity index is 326. The van der Waals surface area contributed by atoms with E-state index in [1.165, 1.54) is 0 Å². The maximum absolute atomic E-state index is 5.49. The van der Waals surface area contributed by atoms with Crippen LogP contribution in [0.4, 0.5) is 0 Å². The predicted molar refractivity (Wildman–Crippen MR) is 66.7 cm³/mol.